The van der Waals surface area contributed by atoms with Gasteiger partial charge in [0.1, 0.15) is 5.82 Å². The fraction of sp³-hybridized carbons (Fsp3) is 0.259. The molecule has 0 spiro atoms. The van der Waals surface area contributed by atoms with Gasteiger partial charge in [0, 0.05) is 13.1 Å². The van der Waals surface area contributed by atoms with Crippen molar-refractivity contribution >= 4 is 23.3 Å². The van der Waals surface area contributed by atoms with Gasteiger partial charge in [0.05, 0.1) is 23.8 Å². The van der Waals surface area contributed by atoms with E-state index in [2.05, 4.69) is 5.32 Å². The first kappa shape index (κ1) is 22.5. The van der Waals surface area contributed by atoms with Crippen LogP contribution in [0.25, 0.3) is 0 Å². The highest BCUT2D eigenvalue weighted by molar-refractivity contribution is 6.01. The van der Waals surface area contributed by atoms with Crippen LogP contribution in [0.15, 0.2) is 72.8 Å². The molecular weight excluding hydrogens is 417 g/mol. The Labute approximate surface area is 193 Å². The van der Waals surface area contributed by atoms with Crippen LogP contribution >= 0.6 is 0 Å². The molecule has 0 unspecified atom stereocenters. The number of urea groups is 1. The van der Waals surface area contributed by atoms with Gasteiger partial charge in [0.25, 0.3) is 0 Å². The number of carbonyl (C=O) groups is 2. The van der Waals surface area contributed by atoms with Crippen molar-refractivity contribution in [3.8, 4) is 0 Å². The van der Waals surface area contributed by atoms with Crippen molar-refractivity contribution in [3.63, 3.8) is 0 Å². The summed E-state index contributed by atoms with van der Waals surface area (Å²) in [7, 11) is 0. The fourth-order valence-corrected chi connectivity index (χ4v) is 4.21. The van der Waals surface area contributed by atoms with Gasteiger partial charge in [0.15, 0.2) is 0 Å². The van der Waals surface area contributed by atoms with Gasteiger partial charge in [0.2, 0.25) is 5.91 Å². The largest absolute Gasteiger partial charge is 0.325 e. The highest BCUT2D eigenvalue weighted by Crippen LogP contribution is 2.32. The third kappa shape index (κ3) is 5.22. The van der Waals surface area contributed by atoms with Crippen LogP contribution in [-0.4, -0.2) is 29.9 Å². The van der Waals surface area contributed by atoms with Crippen molar-refractivity contribution in [2.75, 3.05) is 23.3 Å². The molecule has 6 heteroatoms. The Kier molecular flexibility index (Phi) is 6.73. The lowest BCUT2D eigenvalue weighted by Crippen LogP contribution is -2.50. The molecule has 1 saturated heterocycles. The number of nitrogens with zero attached hydrogens (tertiary/aromatic N) is 2. The number of rotatable bonds is 6. The summed E-state index contributed by atoms with van der Waals surface area (Å²) in [6.07, 6.45) is 0.957. The Morgan fingerprint density at radius 2 is 1.76 bits per heavy atom. The molecule has 0 radical (unpaired) electrons. The highest BCUT2D eigenvalue weighted by atomic mass is 19.1. The van der Waals surface area contributed by atoms with Crippen LogP contribution < -0.4 is 10.2 Å². The predicted molar refractivity (Wildman–Crippen MR) is 129 cm³/mol. The smallest absolute Gasteiger partial charge is 0.324 e. The summed E-state index contributed by atoms with van der Waals surface area (Å²) in [5, 5.41) is 2.96. The van der Waals surface area contributed by atoms with Crippen molar-refractivity contribution < 1.29 is 14.0 Å². The molecule has 5 nitrogen and oxygen atoms in total. The molecule has 1 aliphatic heterocycles. The zero-order valence-electron chi connectivity index (χ0n) is 18.9. The Morgan fingerprint density at radius 1 is 1.03 bits per heavy atom. The maximum Gasteiger partial charge on any atom is 0.325 e. The molecule has 170 valence electrons. The van der Waals surface area contributed by atoms with E-state index in [-0.39, 0.29) is 30.2 Å². The van der Waals surface area contributed by atoms with Crippen LogP contribution in [0.2, 0.25) is 0 Å². The summed E-state index contributed by atoms with van der Waals surface area (Å²) in [5.74, 6) is -0.551. The van der Waals surface area contributed by atoms with E-state index < -0.39 is 0 Å². The Bertz CT molecular complexity index is 1130. The molecular formula is C27H28FN3O2. The number of halogens is 1. The number of carbonyl (C=O) groups excluding carboxylic acids is 2. The number of hydrogen-bond acceptors (Lipinski definition) is 2. The minimum absolute atomic E-state index is 0.0523. The molecule has 0 aromatic heterocycles. The standard InChI is InChI=1S/C27H28FN3O2/c1-19-9-14-25(24(17-19)29-26(32)18-21-10-12-23(28)13-11-21)31-16-6-15-30(27(31)33)20(2)22-7-4-3-5-8-22/h3-5,7-14,17,20H,6,15-16,18H2,1-2H3,(H,29,32)/t20-/m0/s1. The zero-order valence-corrected chi connectivity index (χ0v) is 18.9. The van der Waals surface area contributed by atoms with Gasteiger partial charge in [-0.1, -0.05) is 48.5 Å². The monoisotopic (exact) mass is 445 g/mol. The minimum Gasteiger partial charge on any atom is -0.324 e. The molecule has 1 fully saturated rings. The average molecular weight is 446 g/mol. The molecule has 1 atom stereocenters. The van der Waals surface area contributed by atoms with Gasteiger partial charge in [-0.25, -0.2) is 9.18 Å². The van der Waals surface area contributed by atoms with Gasteiger partial charge in [-0.15, -0.1) is 0 Å². The highest BCUT2D eigenvalue weighted by Gasteiger charge is 2.32. The maximum absolute atomic E-state index is 13.5. The second-order valence-corrected chi connectivity index (χ2v) is 8.44. The molecule has 0 bridgehead atoms. The molecule has 1 heterocycles. The first-order valence-electron chi connectivity index (χ1n) is 11.2. The molecule has 3 amide bonds. The lowest BCUT2D eigenvalue weighted by Gasteiger charge is -2.39. The van der Waals surface area contributed by atoms with E-state index in [0.717, 1.165) is 23.1 Å². The average Bonchev–Trinajstić information content (AvgIpc) is 2.81. The van der Waals surface area contributed by atoms with Crippen LogP contribution in [-0.2, 0) is 11.2 Å². The third-order valence-corrected chi connectivity index (χ3v) is 6.00. The van der Waals surface area contributed by atoms with Crippen LogP contribution in [0.4, 0.5) is 20.6 Å². The molecule has 3 aromatic carbocycles. The van der Waals surface area contributed by atoms with Gasteiger partial charge in [-0.3, -0.25) is 9.69 Å². The Balaban J connectivity index is 1.55. The van der Waals surface area contributed by atoms with Crippen LogP contribution in [0.3, 0.4) is 0 Å². The van der Waals surface area contributed by atoms with Crippen molar-refractivity contribution in [2.45, 2.75) is 32.7 Å². The summed E-state index contributed by atoms with van der Waals surface area (Å²) in [4.78, 5) is 29.8. The second kappa shape index (κ2) is 9.86. The summed E-state index contributed by atoms with van der Waals surface area (Å²) in [6.45, 7) is 5.25. The Hall–Kier alpha value is -3.67. The van der Waals surface area contributed by atoms with Crippen molar-refractivity contribution in [1.82, 2.24) is 4.90 Å². The number of anilines is 2. The van der Waals surface area contributed by atoms with Crippen molar-refractivity contribution in [2.24, 2.45) is 0 Å². The quantitative estimate of drug-likeness (QED) is 0.528. The first-order valence-corrected chi connectivity index (χ1v) is 11.2. The van der Waals surface area contributed by atoms with Gasteiger partial charge in [-0.05, 0) is 61.2 Å². The second-order valence-electron chi connectivity index (χ2n) is 8.44. The van der Waals surface area contributed by atoms with E-state index in [4.69, 9.17) is 0 Å². The van der Waals surface area contributed by atoms with E-state index in [1.54, 1.807) is 17.0 Å². The molecule has 0 saturated carbocycles. The maximum atomic E-state index is 13.5. The van der Waals surface area contributed by atoms with Crippen LogP contribution in [0, 0.1) is 12.7 Å². The number of amides is 3. The SMILES string of the molecule is Cc1ccc(N2CCCN([C@@H](C)c3ccccc3)C2=O)c(NC(=O)Cc2ccc(F)cc2)c1. The first-order chi connectivity index (χ1) is 15.9. The predicted octanol–water partition coefficient (Wildman–Crippen LogP) is 5.71. The van der Waals surface area contributed by atoms with Gasteiger partial charge < -0.3 is 10.2 Å². The lowest BCUT2D eigenvalue weighted by molar-refractivity contribution is -0.115. The van der Waals surface area contributed by atoms with Crippen molar-refractivity contribution in [1.29, 1.82) is 0 Å². The fourth-order valence-electron chi connectivity index (χ4n) is 4.21. The number of benzene rings is 3. The van der Waals surface area contributed by atoms with E-state index in [1.165, 1.54) is 12.1 Å². The van der Waals surface area contributed by atoms with Crippen LogP contribution in [0.5, 0.6) is 0 Å². The Morgan fingerprint density at radius 3 is 2.48 bits per heavy atom. The summed E-state index contributed by atoms with van der Waals surface area (Å²) in [6, 6.07) is 21.5. The molecule has 4 rings (SSSR count). The molecule has 1 aliphatic rings. The summed E-state index contributed by atoms with van der Waals surface area (Å²) >= 11 is 0. The minimum atomic E-state index is -0.335. The molecule has 33 heavy (non-hydrogen) atoms. The van der Waals surface area contributed by atoms with Crippen molar-refractivity contribution in [3.05, 3.63) is 95.3 Å². The zero-order chi connectivity index (χ0) is 23.4. The number of hydrogen-bond donors (Lipinski definition) is 1. The van der Waals surface area contributed by atoms with E-state index >= 15 is 0 Å². The van der Waals surface area contributed by atoms with E-state index in [1.807, 2.05) is 67.3 Å². The van der Waals surface area contributed by atoms with Crippen LogP contribution in [0.1, 0.15) is 36.1 Å². The lowest BCUT2D eigenvalue weighted by atomic mass is 10.1. The molecule has 0 aliphatic carbocycles. The molecule has 3 aromatic rings. The van der Waals surface area contributed by atoms with E-state index in [0.29, 0.717) is 24.5 Å². The third-order valence-electron chi connectivity index (χ3n) is 6.00. The number of nitrogens with one attached hydrogen (secondary N) is 1. The molecule has 1 N–H and O–H groups in total. The van der Waals surface area contributed by atoms with Gasteiger partial charge >= 0.3 is 6.03 Å². The number of aryl methyl sites for hydroxylation is 1. The normalized spacial score (nSPS) is 14.8. The van der Waals surface area contributed by atoms with Gasteiger partial charge in [-0.2, -0.15) is 0 Å². The topological polar surface area (TPSA) is 52.6 Å². The summed E-state index contributed by atoms with van der Waals surface area (Å²) < 4.78 is 13.2. The van der Waals surface area contributed by atoms with E-state index in [9.17, 15) is 14.0 Å². The summed E-state index contributed by atoms with van der Waals surface area (Å²) in [5.41, 5.74) is 4.08.